The molecule has 1 aromatic carbocycles. The Morgan fingerprint density at radius 2 is 2.15 bits per heavy atom. The predicted octanol–water partition coefficient (Wildman–Crippen LogP) is 1.90. The van der Waals surface area contributed by atoms with E-state index < -0.39 is 5.97 Å². The predicted molar refractivity (Wildman–Crippen MR) is 98.1 cm³/mol. The van der Waals surface area contributed by atoms with Crippen LogP contribution in [0.15, 0.2) is 36.8 Å². The maximum Gasteiger partial charge on any atom is 0.335 e. The third-order valence-corrected chi connectivity index (χ3v) is 5.39. The number of hydrogen-bond donors (Lipinski definition) is 1. The van der Waals surface area contributed by atoms with Crippen molar-refractivity contribution in [2.45, 2.75) is 31.8 Å². The molecule has 2 aliphatic rings. The normalized spacial score (nSPS) is 19.7. The Morgan fingerprint density at radius 3 is 2.96 bits per heavy atom. The van der Waals surface area contributed by atoms with Crippen LogP contribution in [0.2, 0.25) is 0 Å². The fourth-order valence-electron chi connectivity index (χ4n) is 3.97. The molecule has 1 amide bonds. The molecular formula is C20H22N4O3. The molecule has 1 saturated heterocycles. The van der Waals surface area contributed by atoms with Gasteiger partial charge in [0.05, 0.1) is 17.8 Å². The van der Waals surface area contributed by atoms with Gasteiger partial charge in [0.25, 0.3) is 0 Å². The van der Waals surface area contributed by atoms with E-state index in [0.717, 1.165) is 36.2 Å². The van der Waals surface area contributed by atoms with Crippen molar-refractivity contribution in [3.63, 3.8) is 0 Å². The number of hydrogen-bond acceptors (Lipinski definition) is 5. The summed E-state index contributed by atoms with van der Waals surface area (Å²) in [6.45, 7) is 3.16. The molecule has 4 rings (SSSR count). The minimum atomic E-state index is -0.919. The largest absolute Gasteiger partial charge is 0.478 e. The van der Waals surface area contributed by atoms with Gasteiger partial charge >= 0.3 is 5.97 Å². The number of nitrogens with zero attached hydrogens (tertiary/aromatic N) is 4. The molecule has 3 heterocycles. The Balaban J connectivity index is 1.39. The van der Waals surface area contributed by atoms with Gasteiger partial charge < -0.3 is 10.0 Å². The summed E-state index contributed by atoms with van der Waals surface area (Å²) in [5.74, 6) is -0.615. The number of carbonyl (C=O) groups is 2. The first kappa shape index (κ1) is 17.6. The number of fused-ring (bicyclic) bond motifs is 1. The van der Waals surface area contributed by atoms with Crippen molar-refractivity contribution < 1.29 is 14.7 Å². The first-order valence-electron chi connectivity index (χ1n) is 9.21. The maximum absolute atomic E-state index is 12.8. The van der Waals surface area contributed by atoms with Crippen LogP contribution in [0.1, 0.15) is 45.9 Å². The summed E-state index contributed by atoms with van der Waals surface area (Å²) in [6.07, 6.45) is 5.26. The van der Waals surface area contributed by atoms with Crippen LogP contribution in [-0.4, -0.2) is 56.4 Å². The van der Waals surface area contributed by atoms with E-state index in [1.165, 1.54) is 0 Å². The Hall–Kier alpha value is -2.80. The maximum atomic E-state index is 12.8. The second kappa shape index (κ2) is 7.44. The van der Waals surface area contributed by atoms with Gasteiger partial charge in [-0.25, -0.2) is 14.8 Å². The number of benzene rings is 1. The highest BCUT2D eigenvalue weighted by Crippen LogP contribution is 2.28. The molecule has 0 bridgehead atoms. The van der Waals surface area contributed by atoms with Crippen LogP contribution in [0.5, 0.6) is 0 Å². The van der Waals surface area contributed by atoms with Gasteiger partial charge in [0.15, 0.2) is 0 Å². The lowest BCUT2D eigenvalue weighted by Crippen LogP contribution is -2.43. The quantitative estimate of drug-likeness (QED) is 0.889. The number of carboxylic acid groups (broad SMARTS) is 1. The number of piperidine rings is 1. The fraction of sp³-hybridized carbons (Fsp3) is 0.400. The van der Waals surface area contributed by atoms with E-state index in [1.807, 2.05) is 17.2 Å². The van der Waals surface area contributed by atoms with Crippen molar-refractivity contribution in [2.75, 3.05) is 19.6 Å². The summed E-state index contributed by atoms with van der Waals surface area (Å²) in [5.41, 5.74) is 3.38. The van der Waals surface area contributed by atoms with Gasteiger partial charge in [-0.1, -0.05) is 12.1 Å². The van der Waals surface area contributed by atoms with E-state index in [-0.39, 0.29) is 11.8 Å². The third-order valence-electron chi connectivity index (χ3n) is 5.39. The van der Waals surface area contributed by atoms with Gasteiger partial charge in [0.1, 0.15) is 6.33 Å². The van der Waals surface area contributed by atoms with E-state index >= 15 is 0 Å². The number of amides is 1. The fourth-order valence-corrected chi connectivity index (χ4v) is 3.97. The lowest BCUT2D eigenvalue weighted by molar-refractivity contribution is -0.133. The van der Waals surface area contributed by atoms with Gasteiger partial charge in [-0.15, -0.1) is 0 Å². The number of rotatable bonds is 4. The molecule has 1 N–H and O–H groups in total. The number of likely N-dealkylation sites (tertiary alicyclic amines) is 1. The number of aromatic carboxylic acids is 1. The molecule has 0 radical (unpaired) electrons. The molecule has 2 aliphatic heterocycles. The topological polar surface area (TPSA) is 86.6 Å². The second-order valence-corrected chi connectivity index (χ2v) is 7.25. The van der Waals surface area contributed by atoms with Crippen LogP contribution in [-0.2, 0) is 17.9 Å². The number of aromatic nitrogens is 2. The number of carbonyl (C=O) groups excluding carboxylic acids is 1. The van der Waals surface area contributed by atoms with Crippen LogP contribution in [0.3, 0.4) is 0 Å². The average Bonchev–Trinajstić information content (AvgIpc) is 3.10. The minimum absolute atomic E-state index is 0.120. The second-order valence-electron chi connectivity index (χ2n) is 7.25. The molecule has 1 fully saturated rings. The van der Waals surface area contributed by atoms with Crippen LogP contribution in [0, 0.1) is 0 Å². The van der Waals surface area contributed by atoms with Gasteiger partial charge in [-0.05, 0) is 30.5 Å². The van der Waals surface area contributed by atoms with Crippen LogP contribution < -0.4 is 0 Å². The first-order valence-corrected chi connectivity index (χ1v) is 9.21. The summed E-state index contributed by atoms with van der Waals surface area (Å²) in [6, 6.07) is 7.07. The molecule has 1 unspecified atom stereocenters. The van der Waals surface area contributed by atoms with Crippen molar-refractivity contribution in [2.24, 2.45) is 0 Å². The van der Waals surface area contributed by atoms with Crippen LogP contribution in [0.4, 0.5) is 0 Å². The monoisotopic (exact) mass is 366 g/mol. The first-order chi connectivity index (χ1) is 13.1. The van der Waals surface area contributed by atoms with Crippen molar-refractivity contribution in [3.8, 4) is 0 Å². The zero-order chi connectivity index (χ0) is 18.8. The van der Waals surface area contributed by atoms with E-state index in [1.54, 1.807) is 24.5 Å². The molecule has 140 valence electrons. The molecule has 1 atom stereocenters. The third kappa shape index (κ3) is 3.83. The van der Waals surface area contributed by atoms with Crippen molar-refractivity contribution in [3.05, 3.63) is 59.2 Å². The molecule has 0 saturated carbocycles. The van der Waals surface area contributed by atoms with E-state index in [2.05, 4.69) is 14.9 Å². The highest BCUT2D eigenvalue weighted by molar-refractivity contribution is 5.87. The van der Waals surface area contributed by atoms with Crippen LogP contribution >= 0.6 is 0 Å². The Labute approximate surface area is 157 Å². The zero-order valence-electron chi connectivity index (χ0n) is 15.0. The van der Waals surface area contributed by atoms with Crippen molar-refractivity contribution in [1.29, 1.82) is 0 Å². The number of carboxylic acids is 1. The average molecular weight is 366 g/mol. The Morgan fingerprint density at radius 1 is 1.26 bits per heavy atom. The molecule has 0 aliphatic carbocycles. The lowest BCUT2D eigenvalue weighted by Gasteiger charge is -2.34. The summed E-state index contributed by atoms with van der Waals surface area (Å²) >= 11 is 0. The van der Waals surface area contributed by atoms with Gasteiger partial charge in [0.2, 0.25) is 5.91 Å². The van der Waals surface area contributed by atoms with E-state index in [0.29, 0.717) is 31.7 Å². The standard InChI is InChI=1S/C20H22N4O3/c25-19(12-23-9-17-8-21-13-22-18(17)11-23)24-6-2-5-16(10-24)14-3-1-4-15(7-14)20(26)27/h1,3-4,7-8,13,16H,2,5-6,9-12H2,(H,26,27). The molecule has 1 aromatic heterocycles. The van der Waals surface area contributed by atoms with Crippen molar-refractivity contribution >= 4 is 11.9 Å². The molecular weight excluding hydrogens is 344 g/mol. The van der Waals surface area contributed by atoms with Gasteiger partial charge in [0, 0.05) is 43.9 Å². The summed E-state index contributed by atoms with van der Waals surface area (Å²) in [5, 5.41) is 9.20. The van der Waals surface area contributed by atoms with Gasteiger partial charge in [-0.2, -0.15) is 0 Å². The lowest BCUT2D eigenvalue weighted by atomic mass is 9.89. The summed E-state index contributed by atoms with van der Waals surface area (Å²) in [4.78, 5) is 36.4. The minimum Gasteiger partial charge on any atom is -0.478 e. The molecule has 27 heavy (non-hydrogen) atoms. The SMILES string of the molecule is O=C(O)c1cccc(C2CCCN(C(=O)CN3Cc4cncnc4C3)C2)c1. The Kier molecular flexibility index (Phi) is 4.85. The van der Waals surface area contributed by atoms with Crippen LogP contribution in [0.25, 0.3) is 0 Å². The van der Waals surface area contributed by atoms with Crippen molar-refractivity contribution in [1.82, 2.24) is 19.8 Å². The highest BCUT2D eigenvalue weighted by atomic mass is 16.4. The van der Waals surface area contributed by atoms with Gasteiger partial charge in [-0.3, -0.25) is 9.69 Å². The zero-order valence-corrected chi connectivity index (χ0v) is 15.0. The molecule has 7 heteroatoms. The van der Waals surface area contributed by atoms with E-state index in [9.17, 15) is 14.7 Å². The highest BCUT2D eigenvalue weighted by Gasteiger charge is 2.28. The van der Waals surface area contributed by atoms with E-state index in [4.69, 9.17) is 0 Å². The smallest absolute Gasteiger partial charge is 0.335 e. The molecule has 2 aromatic rings. The molecule has 0 spiro atoms. The Bertz CT molecular complexity index is 845. The summed E-state index contributed by atoms with van der Waals surface area (Å²) < 4.78 is 0. The molecule has 7 nitrogen and oxygen atoms in total. The summed E-state index contributed by atoms with van der Waals surface area (Å²) in [7, 11) is 0.